The number of unbranched alkanes of at least 4 members (excludes halogenated alkanes) is 1. The van der Waals surface area contributed by atoms with Crippen molar-refractivity contribution in [3.05, 3.63) is 0 Å². The molecule has 0 atom stereocenters. The van der Waals surface area contributed by atoms with Crippen LogP contribution in [0.15, 0.2) is 0 Å². The van der Waals surface area contributed by atoms with Gasteiger partial charge in [0.05, 0.1) is 6.61 Å². The van der Waals surface area contributed by atoms with Crippen molar-refractivity contribution in [1.29, 1.82) is 0 Å². The lowest BCUT2D eigenvalue weighted by Crippen LogP contribution is -2.46. The van der Waals surface area contributed by atoms with E-state index >= 15 is 0 Å². The van der Waals surface area contributed by atoms with E-state index in [9.17, 15) is 9.59 Å². The predicted octanol–water partition coefficient (Wildman–Crippen LogP) is 1.91. The molecule has 1 rings (SSSR count). The van der Waals surface area contributed by atoms with Gasteiger partial charge in [0, 0.05) is 25.6 Å². The summed E-state index contributed by atoms with van der Waals surface area (Å²) in [5, 5.41) is 3.03. The highest BCUT2D eigenvalue weighted by Crippen LogP contribution is 2.11. The SMILES string of the molecule is CCCCC(=O)NC1CCN(C(=O)OCC)CC1. The van der Waals surface area contributed by atoms with Crippen molar-refractivity contribution in [1.82, 2.24) is 10.2 Å². The Balaban J connectivity index is 2.22. The third-order valence-electron chi connectivity index (χ3n) is 3.14. The number of piperidine rings is 1. The van der Waals surface area contributed by atoms with Gasteiger partial charge in [-0.15, -0.1) is 0 Å². The molecular weight excluding hydrogens is 232 g/mol. The molecule has 0 radical (unpaired) electrons. The fourth-order valence-corrected chi connectivity index (χ4v) is 2.06. The Hall–Kier alpha value is -1.26. The molecule has 0 aromatic heterocycles. The third kappa shape index (κ3) is 4.94. The molecule has 0 saturated carbocycles. The molecule has 1 aliphatic heterocycles. The van der Waals surface area contributed by atoms with Gasteiger partial charge in [-0.05, 0) is 26.2 Å². The van der Waals surface area contributed by atoms with Crippen LogP contribution < -0.4 is 5.32 Å². The highest BCUT2D eigenvalue weighted by molar-refractivity contribution is 5.76. The van der Waals surface area contributed by atoms with Gasteiger partial charge in [0.15, 0.2) is 0 Å². The molecule has 0 aromatic carbocycles. The number of rotatable bonds is 5. The normalized spacial score (nSPS) is 16.4. The molecule has 1 saturated heterocycles. The van der Waals surface area contributed by atoms with Crippen LogP contribution in [0.1, 0.15) is 46.0 Å². The van der Waals surface area contributed by atoms with Crippen molar-refractivity contribution < 1.29 is 14.3 Å². The molecule has 1 heterocycles. The monoisotopic (exact) mass is 256 g/mol. The van der Waals surface area contributed by atoms with Gasteiger partial charge in [-0.25, -0.2) is 4.79 Å². The fraction of sp³-hybridized carbons (Fsp3) is 0.846. The summed E-state index contributed by atoms with van der Waals surface area (Å²) in [6.45, 7) is 5.62. The van der Waals surface area contributed by atoms with Crippen LogP contribution in [0.3, 0.4) is 0 Å². The van der Waals surface area contributed by atoms with Gasteiger partial charge < -0.3 is 15.0 Å². The van der Waals surface area contributed by atoms with Gasteiger partial charge in [-0.3, -0.25) is 4.79 Å². The lowest BCUT2D eigenvalue weighted by atomic mass is 10.1. The molecule has 0 aliphatic carbocycles. The van der Waals surface area contributed by atoms with E-state index < -0.39 is 0 Å². The van der Waals surface area contributed by atoms with Crippen molar-refractivity contribution in [2.75, 3.05) is 19.7 Å². The first-order valence-corrected chi connectivity index (χ1v) is 6.88. The van der Waals surface area contributed by atoms with Crippen LogP contribution in [0.5, 0.6) is 0 Å². The minimum atomic E-state index is -0.242. The van der Waals surface area contributed by atoms with Crippen molar-refractivity contribution in [2.24, 2.45) is 0 Å². The van der Waals surface area contributed by atoms with Crippen molar-refractivity contribution in [3.63, 3.8) is 0 Å². The molecule has 1 aliphatic rings. The molecule has 0 bridgehead atoms. The smallest absolute Gasteiger partial charge is 0.409 e. The average molecular weight is 256 g/mol. The largest absolute Gasteiger partial charge is 0.450 e. The molecule has 0 spiro atoms. The molecule has 1 N–H and O–H groups in total. The maximum atomic E-state index is 11.6. The van der Waals surface area contributed by atoms with E-state index in [2.05, 4.69) is 12.2 Å². The first-order chi connectivity index (χ1) is 8.67. The van der Waals surface area contributed by atoms with Crippen LogP contribution in [-0.4, -0.2) is 42.6 Å². The van der Waals surface area contributed by atoms with Crippen LogP contribution in [0.25, 0.3) is 0 Å². The summed E-state index contributed by atoms with van der Waals surface area (Å²) in [6.07, 6.45) is 3.97. The van der Waals surface area contributed by atoms with Gasteiger partial charge in [0.1, 0.15) is 0 Å². The van der Waals surface area contributed by atoms with Crippen molar-refractivity contribution in [3.8, 4) is 0 Å². The molecule has 2 amide bonds. The number of nitrogens with zero attached hydrogens (tertiary/aromatic N) is 1. The van der Waals surface area contributed by atoms with Crippen LogP contribution in [0.4, 0.5) is 4.79 Å². The van der Waals surface area contributed by atoms with E-state index in [-0.39, 0.29) is 18.0 Å². The number of amides is 2. The van der Waals surface area contributed by atoms with Gasteiger partial charge in [-0.1, -0.05) is 13.3 Å². The van der Waals surface area contributed by atoms with E-state index in [1.54, 1.807) is 11.8 Å². The highest BCUT2D eigenvalue weighted by Gasteiger charge is 2.24. The van der Waals surface area contributed by atoms with E-state index in [0.29, 0.717) is 26.1 Å². The molecule has 5 heteroatoms. The quantitative estimate of drug-likeness (QED) is 0.817. The third-order valence-corrected chi connectivity index (χ3v) is 3.14. The van der Waals surface area contributed by atoms with E-state index in [0.717, 1.165) is 25.7 Å². The first kappa shape index (κ1) is 14.8. The molecule has 104 valence electrons. The summed E-state index contributed by atoms with van der Waals surface area (Å²) < 4.78 is 4.95. The maximum absolute atomic E-state index is 11.6. The first-order valence-electron chi connectivity index (χ1n) is 6.88. The van der Waals surface area contributed by atoms with Crippen LogP contribution in [-0.2, 0) is 9.53 Å². The zero-order valence-electron chi connectivity index (χ0n) is 11.4. The van der Waals surface area contributed by atoms with Gasteiger partial charge >= 0.3 is 6.09 Å². The van der Waals surface area contributed by atoms with Crippen LogP contribution >= 0.6 is 0 Å². The second-order valence-corrected chi connectivity index (χ2v) is 4.63. The molecule has 18 heavy (non-hydrogen) atoms. The van der Waals surface area contributed by atoms with Crippen molar-refractivity contribution in [2.45, 2.75) is 52.0 Å². The van der Waals surface area contributed by atoms with Gasteiger partial charge in [0.2, 0.25) is 5.91 Å². The van der Waals surface area contributed by atoms with Crippen molar-refractivity contribution >= 4 is 12.0 Å². The molecule has 0 aromatic rings. The Morgan fingerprint density at radius 1 is 1.28 bits per heavy atom. The summed E-state index contributed by atoms with van der Waals surface area (Å²) in [4.78, 5) is 24.8. The molecule has 1 fully saturated rings. The summed E-state index contributed by atoms with van der Waals surface area (Å²) in [5.74, 6) is 0.131. The standard InChI is InChI=1S/C13H24N2O3/c1-3-5-6-12(16)14-11-7-9-15(10-8-11)13(17)18-4-2/h11H,3-10H2,1-2H3,(H,14,16). The molecular formula is C13H24N2O3. The second kappa shape index (κ2) is 7.95. The van der Waals surface area contributed by atoms with Crippen LogP contribution in [0.2, 0.25) is 0 Å². The number of ether oxygens (including phenoxy) is 1. The number of likely N-dealkylation sites (tertiary alicyclic amines) is 1. The Morgan fingerprint density at radius 2 is 1.94 bits per heavy atom. The van der Waals surface area contributed by atoms with E-state index in [1.807, 2.05) is 0 Å². The lowest BCUT2D eigenvalue weighted by molar-refractivity contribution is -0.122. The topological polar surface area (TPSA) is 58.6 Å². The summed E-state index contributed by atoms with van der Waals surface area (Å²) in [7, 11) is 0. The Morgan fingerprint density at radius 3 is 2.50 bits per heavy atom. The van der Waals surface area contributed by atoms with E-state index in [1.165, 1.54) is 0 Å². The fourth-order valence-electron chi connectivity index (χ4n) is 2.06. The summed E-state index contributed by atoms with van der Waals surface area (Å²) in [5.41, 5.74) is 0. The Kier molecular flexibility index (Phi) is 6.54. The number of hydrogen-bond donors (Lipinski definition) is 1. The van der Waals surface area contributed by atoms with Gasteiger partial charge in [0.25, 0.3) is 0 Å². The number of hydrogen-bond acceptors (Lipinski definition) is 3. The molecule has 0 unspecified atom stereocenters. The Bertz CT molecular complexity index is 273. The summed E-state index contributed by atoms with van der Waals surface area (Å²) >= 11 is 0. The molecule has 5 nitrogen and oxygen atoms in total. The zero-order chi connectivity index (χ0) is 13.4. The number of carbonyl (C=O) groups is 2. The minimum absolute atomic E-state index is 0.131. The summed E-state index contributed by atoms with van der Waals surface area (Å²) in [6, 6.07) is 0.208. The minimum Gasteiger partial charge on any atom is -0.450 e. The van der Waals surface area contributed by atoms with E-state index in [4.69, 9.17) is 4.74 Å². The number of carbonyl (C=O) groups excluding carboxylic acids is 2. The number of nitrogens with one attached hydrogen (secondary N) is 1. The van der Waals surface area contributed by atoms with Crippen LogP contribution in [0, 0.1) is 0 Å². The highest BCUT2D eigenvalue weighted by atomic mass is 16.6. The Labute approximate surface area is 109 Å². The lowest BCUT2D eigenvalue weighted by Gasteiger charge is -2.31. The second-order valence-electron chi connectivity index (χ2n) is 4.63. The van der Waals surface area contributed by atoms with Gasteiger partial charge in [-0.2, -0.15) is 0 Å². The average Bonchev–Trinajstić information content (AvgIpc) is 2.37. The zero-order valence-corrected chi connectivity index (χ0v) is 11.4. The predicted molar refractivity (Wildman–Crippen MR) is 69.3 cm³/mol. The maximum Gasteiger partial charge on any atom is 0.409 e.